The molecule has 1 aliphatic rings. The molecule has 1 atom stereocenters. The summed E-state index contributed by atoms with van der Waals surface area (Å²) in [6.45, 7) is 4.36. The van der Waals surface area contributed by atoms with Crippen LogP contribution in [0.3, 0.4) is 0 Å². The summed E-state index contributed by atoms with van der Waals surface area (Å²) in [6.07, 6.45) is 9.16. The third kappa shape index (κ3) is 2.42. The van der Waals surface area contributed by atoms with Crippen molar-refractivity contribution in [1.82, 2.24) is 9.55 Å². The highest BCUT2D eigenvalue weighted by molar-refractivity contribution is 9.09. The number of aromatic nitrogens is 2. The molecule has 0 spiro atoms. The first-order valence-electron chi connectivity index (χ1n) is 6.20. The first-order valence-corrected chi connectivity index (χ1v) is 7.32. The molecule has 1 unspecified atom stereocenters. The smallest absolute Gasteiger partial charge is 0.205 e. The number of anilines is 1. The molecule has 0 radical (unpaired) electrons. The van der Waals surface area contributed by atoms with Crippen LogP contribution in [-0.2, 0) is 6.54 Å². The Morgan fingerprint density at radius 1 is 1.56 bits per heavy atom. The molecule has 0 aromatic carbocycles. The topological polar surface area (TPSA) is 21.1 Å². The quantitative estimate of drug-likeness (QED) is 0.776. The van der Waals surface area contributed by atoms with Gasteiger partial charge < -0.3 is 9.47 Å². The molecule has 90 valence electrons. The first-order chi connectivity index (χ1) is 7.86. The standard InChI is InChI=1S/C12H20BrN3/c1-2-15-10-8-14-12(15)16-9-4-6-11(16)5-3-7-13/h8,10-11H,2-7,9H2,1H3. The molecule has 1 fully saturated rings. The van der Waals surface area contributed by atoms with E-state index in [4.69, 9.17) is 0 Å². The Kier molecular flexibility index (Phi) is 4.27. The number of nitrogens with zero attached hydrogens (tertiary/aromatic N) is 3. The molecule has 0 amide bonds. The minimum absolute atomic E-state index is 0.699. The second kappa shape index (κ2) is 5.71. The number of rotatable bonds is 5. The minimum atomic E-state index is 0.699. The molecule has 0 bridgehead atoms. The molecule has 4 heteroatoms. The third-order valence-electron chi connectivity index (χ3n) is 3.34. The van der Waals surface area contributed by atoms with Gasteiger partial charge in [0.25, 0.3) is 0 Å². The summed E-state index contributed by atoms with van der Waals surface area (Å²) < 4.78 is 2.24. The van der Waals surface area contributed by atoms with Gasteiger partial charge in [-0.3, -0.25) is 0 Å². The van der Waals surface area contributed by atoms with Gasteiger partial charge in [0.05, 0.1) is 0 Å². The number of hydrogen-bond donors (Lipinski definition) is 0. The fourth-order valence-corrected chi connectivity index (χ4v) is 2.84. The lowest BCUT2D eigenvalue weighted by Gasteiger charge is -2.26. The average Bonchev–Trinajstić information content (AvgIpc) is 2.93. The number of aryl methyl sites for hydroxylation is 1. The van der Waals surface area contributed by atoms with Crippen LogP contribution in [0.4, 0.5) is 5.95 Å². The van der Waals surface area contributed by atoms with E-state index >= 15 is 0 Å². The van der Waals surface area contributed by atoms with Crippen LogP contribution < -0.4 is 4.90 Å². The molecule has 2 heterocycles. The zero-order chi connectivity index (χ0) is 11.4. The van der Waals surface area contributed by atoms with Gasteiger partial charge in [-0.25, -0.2) is 4.98 Å². The monoisotopic (exact) mass is 285 g/mol. The number of imidazole rings is 1. The minimum Gasteiger partial charge on any atom is -0.339 e. The lowest BCUT2D eigenvalue weighted by molar-refractivity contribution is 0.583. The van der Waals surface area contributed by atoms with Crippen molar-refractivity contribution < 1.29 is 0 Å². The predicted molar refractivity (Wildman–Crippen MR) is 71.3 cm³/mol. The Bertz CT molecular complexity index is 324. The van der Waals surface area contributed by atoms with Gasteiger partial charge in [-0.2, -0.15) is 0 Å². The maximum Gasteiger partial charge on any atom is 0.205 e. The zero-order valence-electron chi connectivity index (χ0n) is 9.90. The number of halogens is 1. The van der Waals surface area contributed by atoms with Crippen LogP contribution in [0.1, 0.15) is 32.6 Å². The average molecular weight is 286 g/mol. The van der Waals surface area contributed by atoms with Crippen LogP contribution >= 0.6 is 15.9 Å². The summed E-state index contributed by atoms with van der Waals surface area (Å²) in [4.78, 5) is 7.00. The van der Waals surface area contributed by atoms with Crippen molar-refractivity contribution in [3.8, 4) is 0 Å². The van der Waals surface area contributed by atoms with Crippen molar-refractivity contribution >= 4 is 21.9 Å². The van der Waals surface area contributed by atoms with Crippen molar-refractivity contribution in [3.05, 3.63) is 12.4 Å². The molecule has 0 saturated carbocycles. The molecule has 3 nitrogen and oxygen atoms in total. The van der Waals surface area contributed by atoms with Crippen molar-refractivity contribution in [2.24, 2.45) is 0 Å². The van der Waals surface area contributed by atoms with Crippen molar-refractivity contribution in [2.75, 3.05) is 16.8 Å². The molecular formula is C12H20BrN3. The lowest BCUT2D eigenvalue weighted by Crippen LogP contribution is -2.31. The largest absolute Gasteiger partial charge is 0.339 e. The van der Waals surface area contributed by atoms with E-state index in [9.17, 15) is 0 Å². The van der Waals surface area contributed by atoms with E-state index in [1.165, 1.54) is 38.2 Å². The van der Waals surface area contributed by atoms with Gasteiger partial charge in [0.1, 0.15) is 0 Å². The molecule has 1 aromatic rings. The first kappa shape index (κ1) is 12.0. The third-order valence-corrected chi connectivity index (χ3v) is 3.90. The van der Waals surface area contributed by atoms with E-state index in [-0.39, 0.29) is 0 Å². The van der Waals surface area contributed by atoms with Gasteiger partial charge in [-0.05, 0) is 32.6 Å². The van der Waals surface area contributed by atoms with E-state index in [2.05, 4.69) is 43.5 Å². The van der Waals surface area contributed by atoms with Gasteiger partial charge in [0.2, 0.25) is 5.95 Å². The van der Waals surface area contributed by atoms with Crippen LogP contribution in [0.2, 0.25) is 0 Å². The fraction of sp³-hybridized carbons (Fsp3) is 0.750. The molecule has 0 aliphatic carbocycles. The molecule has 16 heavy (non-hydrogen) atoms. The highest BCUT2D eigenvalue weighted by Crippen LogP contribution is 2.26. The second-order valence-corrected chi connectivity index (χ2v) is 5.13. The van der Waals surface area contributed by atoms with Crippen LogP contribution in [0.25, 0.3) is 0 Å². The van der Waals surface area contributed by atoms with Crippen LogP contribution in [0.15, 0.2) is 12.4 Å². The van der Waals surface area contributed by atoms with E-state index in [0.717, 1.165) is 11.9 Å². The Labute approximate surface area is 106 Å². The summed E-state index contributed by atoms with van der Waals surface area (Å²) in [5.41, 5.74) is 0. The normalized spacial score (nSPS) is 20.6. The van der Waals surface area contributed by atoms with Crippen LogP contribution in [0.5, 0.6) is 0 Å². The zero-order valence-corrected chi connectivity index (χ0v) is 11.5. The summed E-state index contributed by atoms with van der Waals surface area (Å²) in [5.74, 6) is 1.17. The summed E-state index contributed by atoms with van der Waals surface area (Å²) in [7, 11) is 0. The van der Waals surface area contributed by atoms with Crippen LogP contribution in [-0.4, -0.2) is 27.5 Å². The van der Waals surface area contributed by atoms with Crippen molar-refractivity contribution in [3.63, 3.8) is 0 Å². The summed E-state index contributed by atoms with van der Waals surface area (Å²) >= 11 is 3.51. The summed E-state index contributed by atoms with van der Waals surface area (Å²) in [5, 5.41) is 1.11. The Hall–Kier alpha value is -0.510. The van der Waals surface area contributed by atoms with Crippen molar-refractivity contribution in [2.45, 2.75) is 45.2 Å². The summed E-state index contributed by atoms with van der Waals surface area (Å²) in [6, 6.07) is 0.699. The van der Waals surface area contributed by atoms with Gasteiger partial charge in [0.15, 0.2) is 0 Å². The molecule has 2 rings (SSSR count). The second-order valence-electron chi connectivity index (χ2n) is 4.33. The maximum absolute atomic E-state index is 4.50. The van der Waals surface area contributed by atoms with Crippen LogP contribution in [0, 0.1) is 0 Å². The molecule has 1 aromatic heterocycles. The number of alkyl halides is 1. The lowest BCUT2D eigenvalue weighted by atomic mass is 10.1. The Morgan fingerprint density at radius 3 is 3.19 bits per heavy atom. The maximum atomic E-state index is 4.50. The Balaban J connectivity index is 2.07. The van der Waals surface area contributed by atoms with Gasteiger partial charge in [-0.1, -0.05) is 15.9 Å². The van der Waals surface area contributed by atoms with Gasteiger partial charge >= 0.3 is 0 Å². The molecule has 1 aliphatic heterocycles. The molecule has 1 saturated heterocycles. The molecule has 0 N–H and O–H groups in total. The predicted octanol–water partition coefficient (Wildman–Crippen LogP) is 3.05. The Morgan fingerprint density at radius 2 is 2.44 bits per heavy atom. The van der Waals surface area contributed by atoms with E-state index < -0.39 is 0 Å². The van der Waals surface area contributed by atoms with E-state index in [1.807, 2.05) is 6.20 Å². The highest BCUT2D eigenvalue weighted by Gasteiger charge is 2.26. The van der Waals surface area contributed by atoms with E-state index in [0.29, 0.717) is 6.04 Å². The van der Waals surface area contributed by atoms with Gasteiger partial charge in [0, 0.05) is 36.9 Å². The van der Waals surface area contributed by atoms with E-state index in [1.54, 1.807) is 0 Å². The molecular weight excluding hydrogens is 266 g/mol. The number of hydrogen-bond acceptors (Lipinski definition) is 2. The fourth-order valence-electron chi connectivity index (χ4n) is 2.52. The highest BCUT2D eigenvalue weighted by atomic mass is 79.9. The van der Waals surface area contributed by atoms with Crippen molar-refractivity contribution in [1.29, 1.82) is 0 Å². The van der Waals surface area contributed by atoms with Gasteiger partial charge in [-0.15, -0.1) is 0 Å². The SMILES string of the molecule is CCn1ccnc1N1CCCC1CCCBr.